The molecule has 1 aliphatic rings. The number of furan rings is 1. The van der Waals surface area contributed by atoms with Gasteiger partial charge in [-0.15, -0.1) is 0 Å². The van der Waals surface area contributed by atoms with Crippen LogP contribution in [0.5, 0.6) is 0 Å². The number of allylic oxidation sites excluding steroid dienone is 1. The van der Waals surface area contributed by atoms with E-state index in [0.29, 0.717) is 17.1 Å². The molecule has 1 aromatic heterocycles. The number of hydrogen-bond donors (Lipinski definition) is 0. The Kier molecular flexibility index (Phi) is 4.57. The van der Waals surface area contributed by atoms with Gasteiger partial charge in [-0.1, -0.05) is 17.7 Å². The van der Waals surface area contributed by atoms with Crippen molar-refractivity contribution in [2.45, 2.75) is 20.8 Å². The number of nitrogens with zero attached hydrogens (tertiary/aromatic N) is 1. The molecule has 25 heavy (non-hydrogen) atoms. The van der Waals surface area contributed by atoms with Crippen LogP contribution in [-0.4, -0.2) is 18.5 Å². The van der Waals surface area contributed by atoms with E-state index in [9.17, 15) is 9.59 Å². The van der Waals surface area contributed by atoms with Crippen molar-refractivity contribution in [1.82, 2.24) is 0 Å². The molecule has 0 spiro atoms. The van der Waals surface area contributed by atoms with Gasteiger partial charge in [0.1, 0.15) is 5.76 Å². The van der Waals surface area contributed by atoms with Crippen molar-refractivity contribution >= 4 is 23.6 Å². The van der Waals surface area contributed by atoms with Gasteiger partial charge in [0.15, 0.2) is 0 Å². The van der Waals surface area contributed by atoms with Gasteiger partial charge >= 0.3 is 5.97 Å². The van der Waals surface area contributed by atoms with Gasteiger partial charge in [-0.2, -0.15) is 0 Å². The van der Waals surface area contributed by atoms with Gasteiger partial charge in [0.25, 0.3) is 5.91 Å². The summed E-state index contributed by atoms with van der Waals surface area (Å²) < 4.78 is 10.5. The van der Waals surface area contributed by atoms with Gasteiger partial charge < -0.3 is 9.15 Å². The topological polar surface area (TPSA) is 59.8 Å². The highest BCUT2D eigenvalue weighted by molar-refractivity contribution is 6.23. The van der Waals surface area contributed by atoms with Gasteiger partial charge in [0, 0.05) is 11.4 Å². The normalized spacial score (nSPS) is 16.0. The zero-order valence-electron chi connectivity index (χ0n) is 14.4. The van der Waals surface area contributed by atoms with Gasteiger partial charge in [-0.05, 0) is 51.1 Å². The fourth-order valence-corrected chi connectivity index (χ4v) is 2.80. The number of benzene rings is 1. The molecule has 0 radical (unpaired) electrons. The molecule has 128 valence electrons. The number of esters is 1. The molecule has 0 bridgehead atoms. The standard InChI is InChI=1S/C20H19NO4/c1-4-24-20(23)18-14(3)21(15-9-7-13(2)8-10-15)19(22)17(18)12-16-6-5-11-25-16/h5-12H,4H2,1-3H3/b17-12-. The zero-order chi connectivity index (χ0) is 18.0. The fraction of sp³-hybridized carbons (Fsp3) is 0.200. The lowest BCUT2D eigenvalue weighted by atomic mass is 10.1. The molecule has 0 saturated heterocycles. The number of carbonyl (C=O) groups excluding carboxylic acids is 2. The molecule has 0 saturated carbocycles. The van der Waals surface area contributed by atoms with E-state index < -0.39 is 5.97 Å². The summed E-state index contributed by atoms with van der Waals surface area (Å²) in [5, 5.41) is 0. The third-order valence-electron chi connectivity index (χ3n) is 4.00. The van der Waals surface area contributed by atoms with Crippen molar-refractivity contribution in [2.24, 2.45) is 0 Å². The highest BCUT2D eigenvalue weighted by atomic mass is 16.5. The Hall–Kier alpha value is -3.08. The van der Waals surface area contributed by atoms with Gasteiger partial charge in [-0.25, -0.2) is 4.79 Å². The first kappa shape index (κ1) is 16.8. The summed E-state index contributed by atoms with van der Waals surface area (Å²) >= 11 is 0. The Morgan fingerprint density at radius 1 is 1.20 bits per heavy atom. The third-order valence-corrected chi connectivity index (χ3v) is 4.00. The SMILES string of the molecule is CCOC(=O)C1=C(C)N(c2ccc(C)cc2)C(=O)/C1=C\c1ccco1. The van der Waals surface area contributed by atoms with Gasteiger partial charge in [-0.3, -0.25) is 9.69 Å². The van der Waals surface area contributed by atoms with E-state index in [4.69, 9.17) is 9.15 Å². The number of anilines is 1. The fourth-order valence-electron chi connectivity index (χ4n) is 2.80. The van der Waals surface area contributed by atoms with E-state index in [0.717, 1.165) is 5.56 Å². The predicted molar refractivity (Wildman–Crippen MR) is 94.7 cm³/mol. The Morgan fingerprint density at radius 2 is 1.92 bits per heavy atom. The van der Waals surface area contributed by atoms with Crippen LogP contribution in [0, 0.1) is 6.92 Å². The number of aryl methyl sites for hydroxylation is 1. The minimum Gasteiger partial charge on any atom is -0.465 e. The maximum absolute atomic E-state index is 13.0. The van der Waals surface area contributed by atoms with E-state index in [1.807, 2.05) is 31.2 Å². The smallest absolute Gasteiger partial charge is 0.340 e. The molecule has 1 aliphatic heterocycles. The largest absolute Gasteiger partial charge is 0.465 e. The molecule has 0 atom stereocenters. The number of carbonyl (C=O) groups is 2. The van der Waals surface area contributed by atoms with Crippen LogP contribution in [-0.2, 0) is 14.3 Å². The highest BCUT2D eigenvalue weighted by Crippen LogP contribution is 2.35. The van der Waals surface area contributed by atoms with Crippen molar-refractivity contribution in [1.29, 1.82) is 0 Å². The average molecular weight is 337 g/mol. The van der Waals surface area contributed by atoms with Crippen LogP contribution < -0.4 is 4.90 Å². The number of rotatable bonds is 4. The molecular weight excluding hydrogens is 318 g/mol. The van der Waals surface area contributed by atoms with Crippen LogP contribution in [0.1, 0.15) is 25.2 Å². The summed E-state index contributed by atoms with van der Waals surface area (Å²) in [5.41, 5.74) is 2.88. The number of ether oxygens (including phenoxy) is 1. The Labute approximate surface area is 146 Å². The maximum atomic E-state index is 13.0. The minimum atomic E-state index is -0.513. The van der Waals surface area contributed by atoms with Crippen molar-refractivity contribution in [3.05, 3.63) is 70.8 Å². The summed E-state index contributed by atoms with van der Waals surface area (Å²) in [5.74, 6) is -0.287. The molecule has 5 heteroatoms. The predicted octanol–water partition coefficient (Wildman–Crippen LogP) is 3.86. The van der Waals surface area contributed by atoms with Crippen molar-refractivity contribution < 1.29 is 18.7 Å². The van der Waals surface area contributed by atoms with E-state index in [2.05, 4.69) is 0 Å². The third kappa shape index (κ3) is 3.13. The maximum Gasteiger partial charge on any atom is 0.340 e. The van der Waals surface area contributed by atoms with Crippen LogP contribution >= 0.6 is 0 Å². The van der Waals surface area contributed by atoms with Crippen LogP contribution in [0.2, 0.25) is 0 Å². The highest BCUT2D eigenvalue weighted by Gasteiger charge is 2.38. The monoisotopic (exact) mass is 337 g/mol. The van der Waals surface area contributed by atoms with Crippen LogP contribution in [0.15, 0.2) is 63.9 Å². The minimum absolute atomic E-state index is 0.238. The van der Waals surface area contributed by atoms with E-state index in [-0.39, 0.29) is 23.7 Å². The quantitative estimate of drug-likeness (QED) is 0.628. The second-order valence-corrected chi connectivity index (χ2v) is 5.73. The molecular formula is C20H19NO4. The van der Waals surface area contributed by atoms with Crippen LogP contribution in [0.3, 0.4) is 0 Å². The molecule has 0 N–H and O–H groups in total. The first-order valence-electron chi connectivity index (χ1n) is 8.07. The van der Waals surface area contributed by atoms with E-state index >= 15 is 0 Å². The molecule has 0 fully saturated rings. The summed E-state index contributed by atoms with van der Waals surface area (Å²) in [6.45, 7) is 5.69. The Morgan fingerprint density at radius 3 is 2.52 bits per heavy atom. The zero-order valence-corrected chi connectivity index (χ0v) is 14.4. The number of hydrogen-bond acceptors (Lipinski definition) is 4. The van der Waals surface area contributed by atoms with Crippen molar-refractivity contribution in [3.8, 4) is 0 Å². The lowest BCUT2D eigenvalue weighted by Crippen LogP contribution is -2.24. The van der Waals surface area contributed by atoms with Crippen molar-refractivity contribution in [3.63, 3.8) is 0 Å². The Bertz CT molecular complexity index is 858. The molecule has 2 heterocycles. The molecule has 1 amide bonds. The molecule has 0 unspecified atom stereocenters. The first-order chi connectivity index (χ1) is 12.0. The summed E-state index contributed by atoms with van der Waals surface area (Å²) in [7, 11) is 0. The number of amides is 1. The van der Waals surface area contributed by atoms with Crippen LogP contribution in [0.4, 0.5) is 5.69 Å². The Balaban J connectivity index is 2.11. The first-order valence-corrected chi connectivity index (χ1v) is 8.07. The summed E-state index contributed by atoms with van der Waals surface area (Å²) in [6, 6.07) is 11.0. The van der Waals surface area contributed by atoms with Gasteiger partial charge in [0.2, 0.25) is 0 Å². The molecule has 0 aliphatic carbocycles. The second kappa shape index (κ2) is 6.81. The molecule has 1 aromatic carbocycles. The van der Waals surface area contributed by atoms with Crippen LogP contribution in [0.25, 0.3) is 6.08 Å². The summed E-state index contributed by atoms with van der Waals surface area (Å²) in [6.07, 6.45) is 3.09. The van der Waals surface area contributed by atoms with Crippen molar-refractivity contribution in [2.75, 3.05) is 11.5 Å². The molecule has 2 aromatic rings. The average Bonchev–Trinajstić information content (AvgIpc) is 3.17. The summed E-state index contributed by atoms with van der Waals surface area (Å²) in [4.78, 5) is 27.0. The molecule has 5 nitrogen and oxygen atoms in total. The lowest BCUT2D eigenvalue weighted by Gasteiger charge is -2.18. The second-order valence-electron chi connectivity index (χ2n) is 5.73. The van der Waals surface area contributed by atoms with E-state index in [1.165, 1.54) is 11.2 Å². The molecule has 3 rings (SSSR count). The lowest BCUT2D eigenvalue weighted by molar-refractivity contribution is -0.138. The van der Waals surface area contributed by atoms with E-state index in [1.54, 1.807) is 32.1 Å². The van der Waals surface area contributed by atoms with Gasteiger partial charge in [0.05, 0.1) is 24.0 Å².